The third kappa shape index (κ3) is 49.6. The van der Waals surface area contributed by atoms with E-state index in [0.29, 0.717) is 0 Å². The first-order valence-electron chi connectivity index (χ1n) is 12.4. The van der Waals surface area contributed by atoms with Crippen LogP contribution in [0.15, 0.2) is 0 Å². The highest BCUT2D eigenvalue weighted by atomic mass is 14.3. The summed E-state index contributed by atoms with van der Waals surface area (Å²) in [6.45, 7) is 28.4. The highest BCUT2D eigenvalue weighted by Gasteiger charge is 2.20. The third-order valence-corrected chi connectivity index (χ3v) is 4.30. The minimum atomic E-state index is 0.954. The Morgan fingerprint density at radius 3 is 1.08 bits per heavy atom. The van der Waals surface area contributed by atoms with Crippen LogP contribution in [0, 0.1) is 17.8 Å². The first-order valence-corrected chi connectivity index (χ1v) is 12.4. The molecule has 3 atom stereocenters. The molecule has 0 amide bonds. The van der Waals surface area contributed by atoms with Gasteiger partial charge in [0, 0.05) is 0 Å². The van der Waals surface area contributed by atoms with Gasteiger partial charge in [-0.25, -0.2) is 0 Å². The van der Waals surface area contributed by atoms with E-state index in [4.69, 9.17) is 0 Å². The number of hydrogen-bond donors (Lipinski definition) is 0. The maximum Gasteiger partial charge on any atom is -0.0417 e. The minimum Gasteiger partial charge on any atom is -0.0683 e. The van der Waals surface area contributed by atoms with Crippen molar-refractivity contribution in [3.05, 3.63) is 0 Å². The van der Waals surface area contributed by atoms with E-state index in [1.165, 1.54) is 64.2 Å². The lowest BCUT2D eigenvalue weighted by molar-refractivity contribution is 0.219. The van der Waals surface area contributed by atoms with Crippen LogP contribution in [0.1, 0.15) is 154 Å². The van der Waals surface area contributed by atoms with Gasteiger partial charge in [-0.05, 0) is 17.8 Å². The molecule has 0 aromatic carbocycles. The SMILES string of the molecule is CC.CC1CCC1C.CCC.CCC.CCCC.CCCCC(C)CC. The molecule has 0 radical (unpaired) electrons. The normalized spacial score (nSPS) is 17.4. The predicted octanol–water partition coefficient (Wildman–Crippen LogP) is 10.9. The van der Waals surface area contributed by atoms with Gasteiger partial charge in [-0.3, -0.25) is 0 Å². The molecule has 166 valence electrons. The topological polar surface area (TPSA) is 0 Å². The number of unbranched alkanes of at least 4 members (excludes halogenated alkanes) is 2. The molecule has 1 saturated carbocycles. The molecule has 1 aliphatic rings. The number of hydrogen-bond acceptors (Lipinski definition) is 0. The summed E-state index contributed by atoms with van der Waals surface area (Å²) in [6, 6.07) is 0. The van der Waals surface area contributed by atoms with E-state index in [0.717, 1.165) is 17.8 Å². The molecule has 0 heterocycles. The Hall–Kier alpha value is 0. The molecule has 0 N–H and O–H groups in total. The second kappa shape index (κ2) is 39.9. The van der Waals surface area contributed by atoms with Crippen molar-refractivity contribution in [2.75, 3.05) is 0 Å². The Morgan fingerprint density at radius 1 is 0.654 bits per heavy atom. The van der Waals surface area contributed by atoms with Gasteiger partial charge in [-0.1, -0.05) is 154 Å². The van der Waals surface area contributed by atoms with Crippen molar-refractivity contribution in [3.8, 4) is 0 Å². The Kier molecular flexibility index (Phi) is 56.5. The summed E-state index contributed by atoms with van der Waals surface area (Å²) in [6.07, 6.45) is 13.6. The van der Waals surface area contributed by atoms with E-state index in [1.807, 2.05) is 13.8 Å². The van der Waals surface area contributed by atoms with Gasteiger partial charge in [0.25, 0.3) is 0 Å². The molecule has 1 fully saturated rings. The van der Waals surface area contributed by atoms with Gasteiger partial charge in [0.1, 0.15) is 0 Å². The largest absolute Gasteiger partial charge is 0.0683 e. The average Bonchev–Trinajstić information content (AvgIpc) is 2.68. The van der Waals surface area contributed by atoms with Crippen LogP contribution in [0.25, 0.3) is 0 Å². The van der Waals surface area contributed by atoms with Crippen molar-refractivity contribution in [3.63, 3.8) is 0 Å². The van der Waals surface area contributed by atoms with E-state index < -0.39 is 0 Å². The van der Waals surface area contributed by atoms with E-state index in [-0.39, 0.29) is 0 Å². The molecule has 0 aromatic rings. The number of rotatable bonds is 5. The monoisotopic (exact) mass is 374 g/mol. The molecular weight excluding hydrogens is 312 g/mol. The van der Waals surface area contributed by atoms with Crippen molar-refractivity contribution < 1.29 is 0 Å². The zero-order valence-corrected chi connectivity index (χ0v) is 21.8. The lowest BCUT2D eigenvalue weighted by Gasteiger charge is -2.29. The first kappa shape index (κ1) is 36.8. The summed E-state index contributed by atoms with van der Waals surface area (Å²) >= 11 is 0. The summed E-state index contributed by atoms with van der Waals surface area (Å²) < 4.78 is 0. The van der Waals surface area contributed by atoms with Gasteiger partial charge in [-0.2, -0.15) is 0 Å². The summed E-state index contributed by atoms with van der Waals surface area (Å²) in [5.74, 6) is 3.02. The van der Waals surface area contributed by atoms with Crippen LogP contribution in [-0.2, 0) is 0 Å². The molecule has 1 aliphatic carbocycles. The Morgan fingerprint density at radius 2 is 0.962 bits per heavy atom. The summed E-state index contributed by atoms with van der Waals surface area (Å²) in [4.78, 5) is 0. The van der Waals surface area contributed by atoms with Crippen LogP contribution in [0.3, 0.4) is 0 Å². The summed E-state index contributed by atoms with van der Waals surface area (Å²) in [7, 11) is 0. The van der Waals surface area contributed by atoms with Gasteiger partial charge >= 0.3 is 0 Å². The molecule has 0 bridgehead atoms. The zero-order chi connectivity index (χ0) is 21.8. The van der Waals surface area contributed by atoms with E-state index in [2.05, 4.69) is 76.2 Å². The average molecular weight is 375 g/mol. The predicted molar refractivity (Wildman–Crippen MR) is 130 cm³/mol. The summed E-state index contributed by atoms with van der Waals surface area (Å²) in [5, 5.41) is 0. The highest BCUT2D eigenvalue weighted by Crippen LogP contribution is 2.32. The molecule has 3 unspecified atom stereocenters. The van der Waals surface area contributed by atoms with Crippen LogP contribution in [-0.4, -0.2) is 0 Å². The molecule has 0 spiro atoms. The molecule has 0 nitrogen and oxygen atoms in total. The van der Waals surface area contributed by atoms with Crippen molar-refractivity contribution in [2.24, 2.45) is 17.8 Å². The van der Waals surface area contributed by atoms with Crippen LogP contribution < -0.4 is 0 Å². The first-order chi connectivity index (χ1) is 12.4. The molecule has 26 heavy (non-hydrogen) atoms. The minimum absolute atomic E-state index is 0.954. The third-order valence-electron chi connectivity index (χ3n) is 4.30. The van der Waals surface area contributed by atoms with Crippen LogP contribution in [0.4, 0.5) is 0 Å². The van der Waals surface area contributed by atoms with Gasteiger partial charge in [-0.15, -0.1) is 0 Å². The van der Waals surface area contributed by atoms with Gasteiger partial charge in [0.2, 0.25) is 0 Å². The molecule has 0 aromatic heterocycles. The fourth-order valence-electron chi connectivity index (χ4n) is 1.59. The Balaban J connectivity index is -0.0000000729. The zero-order valence-electron chi connectivity index (χ0n) is 21.8. The second-order valence-corrected chi connectivity index (χ2v) is 7.60. The van der Waals surface area contributed by atoms with E-state index >= 15 is 0 Å². The van der Waals surface area contributed by atoms with Crippen LogP contribution in [0.2, 0.25) is 0 Å². The summed E-state index contributed by atoms with van der Waals surface area (Å²) in [5.41, 5.74) is 0. The molecule has 0 heteroatoms. The second-order valence-electron chi connectivity index (χ2n) is 7.60. The Bertz CT molecular complexity index is 149. The lowest BCUT2D eigenvalue weighted by atomic mass is 9.77. The van der Waals surface area contributed by atoms with E-state index in [9.17, 15) is 0 Å². The van der Waals surface area contributed by atoms with Gasteiger partial charge in [0.05, 0.1) is 0 Å². The van der Waals surface area contributed by atoms with E-state index in [1.54, 1.807) is 0 Å². The highest BCUT2D eigenvalue weighted by molar-refractivity contribution is 4.71. The smallest absolute Gasteiger partial charge is 0.0417 e. The van der Waals surface area contributed by atoms with Crippen LogP contribution >= 0.6 is 0 Å². The van der Waals surface area contributed by atoms with Crippen LogP contribution in [0.5, 0.6) is 0 Å². The lowest BCUT2D eigenvalue weighted by Crippen LogP contribution is -2.18. The fraction of sp³-hybridized carbons (Fsp3) is 1.00. The molecular formula is C26H62. The van der Waals surface area contributed by atoms with Crippen molar-refractivity contribution in [1.29, 1.82) is 0 Å². The molecule has 0 saturated heterocycles. The Labute approximate surface area is 172 Å². The quantitative estimate of drug-likeness (QED) is 0.448. The van der Waals surface area contributed by atoms with Crippen molar-refractivity contribution in [2.45, 2.75) is 154 Å². The molecule has 0 aliphatic heterocycles. The van der Waals surface area contributed by atoms with Crippen molar-refractivity contribution in [1.82, 2.24) is 0 Å². The standard InChI is InChI=1S/C8H18.C6H12.C4H10.2C3H8.C2H6/c1-4-6-7-8(3)5-2;1-5-3-4-6(5)2;1-3-4-2;2*1-3-2;1-2/h8H,4-7H2,1-3H3;5-6H,3-4H2,1-2H3;3-4H2,1-2H3;2*3H2,1-2H3;1-2H3. The van der Waals surface area contributed by atoms with Crippen molar-refractivity contribution >= 4 is 0 Å². The maximum absolute atomic E-state index is 2.33. The fourth-order valence-corrected chi connectivity index (χ4v) is 1.59. The van der Waals surface area contributed by atoms with Gasteiger partial charge < -0.3 is 0 Å². The molecule has 1 rings (SSSR count). The maximum atomic E-state index is 2.33. The van der Waals surface area contributed by atoms with Gasteiger partial charge in [0.15, 0.2) is 0 Å².